The van der Waals surface area contributed by atoms with Gasteiger partial charge in [0.1, 0.15) is 17.2 Å². The van der Waals surface area contributed by atoms with Gasteiger partial charge in [0.05, 0.1) is 13.1 Å². The van der Waals surface area contributed by atoms with Crippen LogP contribution in [0.15, 0.2) is 17.5 Å². The number of thiazole rings is 1. The molecule has 2 N–H and O–H groups in total. The van der Waals surface area contributed by atoms with Crippen LogP contribution in [0, 0.1) is 0 Å². The quantitative estimate of drug-likeness (QED) is 0.638. The summed E-state index contributed by atoms with van der Waals surface area (Å²) in [7, 11) is 0. The van der Waals surface area contributed by atoms with Gasteiger partial charge in [0, 0.05) is 30.1 Å². The molecule has 0 aromatic carbocycles. The Labute approximate surface area is 140 Å². The lowest BCUT2D eigenvalue weighted by Gasteiger charge is -2.25. The van der Waals surface area contributed by atoms with E-state index in [0.717, 1.165) is 49.1 Å². The Bertz CT molecular complexity index is 660. The highest BCUT2D eigenvalue weighted by molar-refractivity contribution is 7.11. The van der Waals surface area contributed by atoms with E-state index in [1.165, 1.54) is 4.88 Å². The number of hydrogen-bond acceptors (Lipinski definition) is 5. The van der Waals surface area contributed by atoms with Crippen LogP contribution in [0.25, 0.3) is 0 Å². The number of fused-ring (bicyclic) bond motifs is 1. The van der Waals surface area contributed by atoms with Crippen molar-refractivity contribution in [3.05, 3.63) is 28.2 Å². The van der Waals surface area contributed by atoms with Gasteiger partial charge in [-0.25, -0.2) is 19.6 Å². The Morgan fingerprint density at radius 3 is 3.13 bits per heavy atom. The first-order valence-electron chi connectivity index (χ1n) is 8.13. The molecule has 0 saturated carbocycles. The van der Waals surface area contributed by atoms with Crippen molar-refractivity contribution in [1.82, 2.24) is 30.4 Å². The second-order valence-corrected chi connectivity index (χ2v) is 6.71. The molecule has 2 aromatic heterocycles. The van der Waals surface area contributed by atoms with Crippen LogP contribution in [0.2, 0.25) is 0 Å². The van der Waals surface area contributed by atoms with E-state index in [1.54, 1.807) is 17.7 Å². The Hall–Kier alpha value is -1.96. The third-order valence-corrected chi connectivity index (χ3v) is 4.94. The van der Waals surface area contributed by atoms with Crippen molar-refractivity contribution >= 4 is 17.3 Å². The van der Waals surface area contributed by atoms with Crippen LogP contribution in [-0.2, 0) is 25.9 Å². The molecule has 0 bridgehead atoms. The number of nitrogens with one attached hydrogen (secondary N) is 2. The van der Waals surface area contributed by atoms with E-state index in [1.807, 2.05) is 10.9 Å². The topological polar surface area (TPSA) is 80.0 Å². The molecule has 0 spiro atoms. The van der Waals surface area contributed by atoms with Gasteiger partial charge in [-0.05, 0) is 19.8 Å². The fraction of sp³-hybridized carbons (Fsp3) is 0.600. The molecule has 3 heterocycles. The molecular weight excluding hydrogens is 310 g/mol. The van der Waals surface area contributed by atoms with Crippen molar-refractivity contribution in [2.24, 2.45) is 4.99 Å². The number of aliphatic imine (C=N–C) groups is 1. The van der Waals surface area contributed by atoms with Crippen molar-refractivity contribution in [3.63, 3.8) is 0 Å². The fourth-order valence-corrected chi connectivity index (χ4v) is 3.39. The van der Waals surface area contributed by atoms with Gasteiger partial charge in [-0.3, -0.25) is 0 Å². The summed E-state index contributed by atoms with van der Waals surface area (Å²) in [4.78, 5) is 14.7. The highest BCUT2D eigenvalue weighted by Gasteiger charge is 2.20. The van der Waals surface area contributed by atoms with Gasteiger partial charge < -0.3 is 10.6 Å². The SMILES string of the molecule is CCNC(=NCc1ncc(CC)s1)NC1CCc2ncnn2C1. The van der Waals surface area contributed by atoms with Crippen LogP contribution in [0.4, 0.5) is 0 Å². The highest BCUT2D eigenvalue weighted by Crippen LogP contribution is 2.14. The van der Waals surface area contributed by atoms with Crippen LogP contribution in [0.1, 0.15) is 36.0 Å². The monoisotopic (exact) mass is 333 g/mol. The standard InChI is InChI=1S/C15H23N7S/c1-3-12-7-17-14(23-12)8-18-15(16-4-2)21-11-5-6-13-19-10-20-22(13)9-11/h7,10-11H,3-6,8-9H2,1-2H3,(H2,16,18,21). The van der Waals surface area contributed by atoms with Crippen molar-refractivity contribution in [2.45, 2.75) is 52.2 Å². The van der Waals surface area contributed by atoms with Gasteiger partial charge in [0.2, 0.25) is 0 Å². The maximum absolute atomic E-state index is 4.67. The minimum atomic E-state index is 0.324. The Morgan fingerprint density at radius 2 is 2.35 bits per heavy atom. The van der Waals surface area contributed by atoms with E-state index in [9.17, 15) is 0 Å². The van der Waals surface area contributed by atoms with Crippen LogP contribution >= 0.6 is 11.3 Å². The maximum atomic E-state index is 4.67. The number of nitrogens with zero attached hydrogens (tertiary/aromatic N) is 5. The van der Waals surface area contributed by atoms with Crippen molar-refractivity contribution < 1.29 is 0 Å². The molecule has 0 fully saturated rings. The summed E-state index contributed by atoms with van der Waals surface area (Å²) >= 11 is 1.73. The van der Waals surface area contributed by atoms with Gasteiger partial charge in [0.25, 0.3) is 0 Å². The van der Waals surface area contributed by atoms with Crippen LogP contribution in [-0.4, -0.2) is 38.3 Å². The van der Waals surface area contributed by atoms with E-state index in [0.29, 0.717) is 12.6 Å². The van der Waals surface area contributed by atoms with Crippen molar-refractivity contribution in [2.75, 3.05) is 6.54 Å². The molecule has 2 aromatic rings. The zero-order valence-corrected chi connectivity index (χ0v) is 14.4. The first-order chi connectivity index (χ1) is 11.3. The van der Waals surface area contributed by atoms with Gasteiger partial charge in [-0.15, -0.1) is 11.3 Å². The fourth-order valence-electron chi connectivity index (χ4n) is 2.60. The van der Waals surface area contributed by atoms with Gasteiger partial charge in [-0.1, -0.05) is 6.92 Å². The molecule has 3 rings (SSSR count). The molecule has 1 unspecified atom stereocenters. The van der Waals surface area contributed by atoms with E-state index in [-0.39, 0.29) is 0 Å². The molecule has 0 radical (unpaired) electrons. The highest BCUT2D eigenvalue weighted by atomic mass is 32.1. The number of rotatable bonds is 5. The van der Waals surface area contributed by atoms with Crippen LogP contribution in [0.5, 0.6) is 0 Å². The zero-order chi connectivity index (χ0) is 16.1. The Morgan fingerprint density at radius 1 is 1.43 bits per heavy atom. The second-order valence-electron chi connectivity index (χ2n) is 5.51. The van der Waals surface area contributed by atoms with E-state index >= 15 is 0 Å². The van der Waals surface area contributed by atoms with Crippen molar-refractivity contribution in [3.8, 4) is 0 Å². The summed E-state index contributed by atoms with van der Waals surface area (Å²) < 4.78 is 1.97. The number of guanidine groups is 1. The molecule has 1 atom stereocenters. The Kier molecular flexibility index (Phi) is 5.22. The summed E-state index contributed by atoms with van der Waals surface area (Å²) in [6.45, 7) is 6.50. The Balaban J connectivity index is 1.61. The molecule has 0 aliphatic carbocycles. The van der Waals surface area contributed by atoms with Crippen LogP contribution in [0.3, 0.4) is 0 Å². The summed E-state index contributed by atoms with van der Waals surface area (Å²) in [5.41, 5.74) is 0. The molecule has 7 nitrogen and oxygen atoms in total. The van der Waals surface area contributed by atoms with Gasteiger partial charge in [-0.2, -0.15) is 5.10 Å². The first-order valence-corrected chi connectivity index (χ1v) is 8.95. The molecule has 0 saturated heterocycles. The summed E-state index contributed by atoms with van der Waals surface area (Å²) in [5.74, 6) is 1.91. The molecule has 1 aliphatic heterocycles. The van der Waals surface area contributed by atoms with E-state index in [2.05, 4.69) is 44.5 Å². The lowest BCUT2D eigenvalue weighted by atomic mass is 10.1. The summed E-state index contributed by atoms with van der Waals surface area (Å²) in [6.07, 6.45) is 6.60. The van der Waals surface area contributed by atoms with Gasteiger partial charge in [0.15, 0.2) is 5.96 Å². The number of hydrogen-bond donors (Lipinski definition) is 2. The normalized spacial score (nSPS) is 17.8. The zero-order valence-electron chi connectivity index (χ0n) is 13.6. The second kappa shape index (κ2) is 7.54. The molecule has 124 valence electrons. The predicted molar refractivity (Wildman–Crippen MR) is 91.6 cm³/mol. The lowest BCUT2D eigenvalue weighted by molar-refractivity contribution is 0.392. The molecule has 23 heavy (non-hydrogen) atoms. The molecule has 1 aliphatic rings. The molecule has 8 heteroatoms. The average molecular weight is 333 g/mol. The number of aryl methyl sites for hydroxylation is 2. The van der Waals surface area contributed by atoms with E-state index < -0.39 is 0 Å². The largest absolute Gasteiger partial charge is 0.357 e. The summed E-state index contributed by atoms with van der Waals surface area (Å²) in [5, 5.41) is 12.1. The maximum Gasteiger partial charge on any atom is 0.191 e. The van der Waals surface area contributed by atoms with Gasteiger partial charge >= 0.3 is 0 Å². The summed E-state index contributed by atoms with van der Waals surface area (Å²) in [6, 6.07) is 0.324. The first kappa shape index (κ1) is 15.9. The minimum Gasteiger partial charge on any atom is -0.357 e. The predicted octanol–water partition coefficient (Wildman–Crippen LogP) is 1.37. The molecule has 0 amide bonds. The van der Waals surface area contributed by atoms with Crippen molar-refractivity contribution in [1.29, 1.82) is 0 Å². The average Bonchev–Trinajstić information content (AvgIpc) is 3.21. The molecular formula is C15H23N7S. The third kappa shape index (κ3) is 4.07. The van der Waals surface area contributed by atoms with Crippen LogP contribution < -0.4 is 10.6 Å². The third-order valence-electron chi connectivity index (χ3n) is 3.81. The lowest BCUT2D eigenvalue weighted by Crippen LogP contribution is -2.47. The smallest absolute Gasteiger partial charge is 0.191 e. The number of aromatic nitrogens is 4. The minimum absolute atomic E-state index is 0.324. The van der Waals surface area contributed by atoms with E-state index in [4.69, 9.17) is 0 Å².